The zero-order chi connectivity index (χ0) is 20.7. The van der Waals surface area contributed by atoms with E-state index in [9.17, 15) is 9.90 Å². The largest absolute Gasteiger partial charge is 0.393 e. The molecule has 1 aromatic carbocycles. The Morgan fingerprint density at radius 2 is 1.76 bits per heavy atom. The van der Waals surface area contributed by atoms with Gasteiger partial charge in [-0.05, 0) is 50.7 Å². The molecular formula is C24H37N3O2. The second kappa shape index (κ2) is 14.0. The molecule has 0 radical (unpaired) electrons. The molecule has 0 aliphatic rings. The summed E-state index contributed by atoms with van der Waals surface area (Å²) in [7, 11) is 0. The summed E-state index contributed by atoms with van der Waals surface area (Å²) in [6.07, 6.45) is 17.8. The van der Waals surface area contributed by atoms with Crippen LogP contribution in [-0.2, 0) is 0 Å². The number of para-hydroxylation sites is 1. The Labute approximate surface area is 175 Å². The lowest BCUT2D eigenvalue weighted by Gasteiger charge is -2.08. The molecule has 2 aromatic rings. The summed E-state index contributed by atoms with van der Waals surface area (Å²) >= 11 is 0. The van der Waals surface area contributed by atoms with Crippen LogP contribution in [0.25, 0.3) is 11.0 Å². The first-order valence-electron chi connectivity index (χ1n) is 11.4. The fourth-order valence-electron chi connectivity index (χ4n) is 3.53. The van der Waals surface area contributed by atoms with E-state index in [1.54, 1.807) is 0 Å². The van der Waals surface area contributed by atoms with Gasteiger partial charge in [-0.3, -0.25) is 4.79 Å². The highest BCUT2D eigenvalue weighted by Gasteiger charge is 2.10. The van der Waals surface area contributed by atoms with Crippen LogP contribution in [0.3, 0.4) is 0 Å². The first kappa shape index (κ1) is 23.3. The van der Waals surface area contributed by atoms with Crippen LogP contribution >= 0.6 is 0 Å². The van der Waals surface area contributed by atoms with E-state index in [-0.39, 0.29) is 12.0 Å². The summed E-state index contributed by atoms with van der Waals surface area (Å²) < 4.78 is 1.42. The average Bonchev–Trinajstić information content (AvgIpc) is 3.16. The van der Waals surface area contributed by atoms with Gasteiger partial charge in [-0.1, -0.05) is 74.9 Å². The van der Waals surface area contributed by atoms with Gasteiger partial charge in [0.2, 0.25) is 5.91 Å². The molecule has 0 aliphatic heterocycles. The van der Waals surface area contributed by atoms with E-state index in [0.717, 1.165) is 62.4 Å². The van der Waals surface area contributed by atoms with Gasteiger partial charge in [-0.25, -0.2) is 0 Å². The number of unbranched alkanes of at least 4 members (excludes halogenated alkanes) is 7. The lowest BCUT2D eigenvalue weighted by molar-refractivity contribution is 0.0886. The summed E-state index contributed by atoms with van der Waals surface area (Å²) in [6, 6.07) is 7.54. The van der Waals surface area contributed by atoms with E-state index in [1.165, 1.54) is 30.4 Å². The molecule has 1 heterocycles. The molecule has 1 aromatic heterocycles. The summed E-state index contributed by atoms with van der Waals surface area (Å²) in [5.41, 5.74) is 1.54. The Hall–Kier alpha value is -2.01. The molecule has 29 heavy (non-hydrogen) atoms. The lowest BCUT2D eigenvalue weighted by Crippen LogP contribution is -2.12. The van der Waals surface area contributed by atoms with Crippen molar-refractivity contribution in [2.75, 3.05) is 0 Å². The van der Waals surface area contributed by atoms with Crippen LogP contribution in [0.15, 0.2) is 36.4 Å². The summed E-state index contributed by atoms with van der Waals surface area (Å²) in [6.45, 7) is 2.22. The Morgan fingerprint density at radius 3 is 2.62 bits per heavy atom. The molecular weight excluding hydrogens is 362 g/mol. The molecule has 0 aliphatic carbocycles. The van der Waals surface area contributed by atoms with Crippen LogP contribution in [-0.4, -0.2) is 32.1 Å². The third-order valence-corrected chi connectivity index (χ3v) is 5.32. The molecule has 160 valence electrons. The predicted molar refractivity (Wildman–Crippen MR) is 119 cm³/mol. The zero-order valence-corrected chi connectivity index (χ0v) is 17.9. The monoisotopic (exact) mass is 399 g/mol. The van der Waals surface area contributed by atoms with Crippen LogP contribution in [0.1, 0.15) is 95.2 Å². The minimum Gasteiger partial charge on any atom is -0.393 e. The van der Waals surface area contributed by atoms with Gasteiger partial charge in [0.15, 0.2) is 0 Å². The van der Waals surface area contributed by atoms with Crippen LogP contribution in [0.4, 0.5) is 0 Å². The maximum absolute atomic E-state index is 12.3. The molecule has 0 amide bonds. The first-order valence-corrected chi connectivity index (χ1v) is 11.4. The SMILES string of the molecule is CCCCCCCC(O)CC/C=C\CCCCCC(=O)n1nnc2ccccc21. The Balaban J connectivity index is 1.48. The molecule has 0 fully saturated rings. The Bertz CT molecular complexity index is 739. The third kappa shape index (κ3) is 8.90. The average molecular weight is 400 g/mol. The zero-order valence-electron chi connectivity index (χ0n) is 17.9. The van der Waals surface area contributed by atoms with Crippen molar-refractivity contribution in [1.29, 1.82) is 0 Å². The van der Waals surface area contributed by atoms with E-state index >= 15 is 0 Å². The molecule has 0 spiro atoms. The minimum absolute atomic E-state index is 0.0120. The van der Waals surface area contributed by atoms with Crippen LogP contribution in [0, 0.1) is 0 Å². The van der Waals surface area contributed by atoms with Gasteiger partial charge < -0.3 is 5.11 Å². The number of carbonyl (C=O) groups is 1. The van der Waals surface area contributed by atoms with E-state index in [2.05, 4.69) is 29.4 Å². The van der Waals surface area contributed by atoms with Crippen molar-refractivity contribution in [3.8, 4) is 0 Å². The molecule has 2 rings (SSSR count). The quantitative estimate of drug-likeness (QED) is 0.291. The van der Waals surface area contributed by atoms with Gasteiger partial charge in [-0.2, -0.15) is 4.68 Å². The van der Waals surface area contributed by atoms with E-state index in [1.807, 2.05) is 24.3 Å². The van der Waals surface area contributed by atoms with Gasteiger partial charge in [0.1, 0.15) is 5.52 Å². The minimum atomic E-state index is -0.153. The van der Waals surface area contributed by atoms with Crippen LogP contribution in [0.5, 0.6) is 0 Å². The predicted octanol–water partition coefficient (Wildman–Crippen LogP) is 6.08. The molecule has 1 unspecified atom stereocenters. The number of rotatable bonds is 15. The number of hydrogen-bond acceptors (Lipinski definition) is 4. The Morgan fingerprint density at radius 1 is 1.00 bits per heavy atom. The van der Waals surface area contributed by atoms with Crippen molar-refractivity contribution in [3.05, 3.63) is 36.4 Å². The van der Waals surface area contributed by atoms with Crippen molar-refractivity contribution in [2.45, 2.75) is 96.5 Å². The van der Waals surface area contributed by atoms with Crippen LogP contribution in [0.2, 0.25) is 0 Å². The van der Waals surface area contributed by atoms with Crippen molar-refractivity contribution in [3.63, 3.8) is 0 Å². The van der Waals surface area contributed by atoms with E-state index in [0.29, 0.717) is 6.42 Å². The topological polar surface area (TPSA) is 68.0 Å². The first-order chi connectivity index (χ1) is 14.2. The number of benzene rings is 1. The molecule has 0 bridgehead atoms. The molecule has 1 N–H and O–H groups in total. The molecule has 5 heteroatoms. The lowest BCUT2D eigenvalue weighted by atomic mass is 10.0. The van der Waals surface area contributed by atoms with Crippen molar-refractivity contribution in [1.82, 2.24) is 15.0 Å². The normalized spacial score (nSPS) is 12.8. The second-order valence-electron chi connectivity index (χ2n) is 7.89. The number of nitrogens with zero attached hydrogens (tertiary/aromatic N) is 3. The van der Waals surface area contributed by atoms with Gasteiger partial charge in [-0.15, -0.1) is 5.10 Å². The molecule has 0 saturated carbocycles. The molecule has 1 atom stereocenters. The Kier molecular flexibility index (Phi) is 11.3. The summed E-state index contributed by atoms with van der Waals surface area (Å²) in [5.74, 6) is 0.0120. The fraction of sp³-hybridized carbons (Fsp3) is 0.625. The molecule has 0 saturated heterocycles. The van der Waals surface area contributed by atoms with Gasteiger partial charge in [0, 0.05) is 6.42 Å². The number of allylic oxidation sites excluding steroid dienone is 2. The molecule has 5 nitrogen and oxygen atoms in total. The second-order valence-corrected chi connectivity index (χ2v) is 7.89. The number of fused-ring (bicyclic) bond motifs is 1. The number of hydrogen-bond donors (Lipinski definition) is 1. The number of carbonyl (C=O) groups excluding carboxylic acids is 1. The number of aliphatic hydroxyl groups excluding tert-OH is 1. The summed E-state index contributed by atoms with van der Waals surface area (Å²) in [5, 5.41) is 18.0. The van der Waals surface area contributed by atoms with Crippen LogP contribution < -0.4 is 0 Å². The van der Waals surface area contributed by atoms with Crippen molar-refractivity contribution < 1.29 is 9.90 Å². The van der Waals surface area contributed by atoms with E-state index in [4.69, 9.17) is 0 Å². The summed E-state index contributed by atoms with van der Waals surface area (Å²) in [4.78, 5) is 12.3. The highest BCUT2D eigenvalue weighted by molar-refractivity contribution is 5.88. The maximum Gasteiger partial charge on any atom is 0.248 e. The van der Waals surface area contributed by atoms with Crippen molar-refractivity contribution >= 4 is 16.9 Å². The van der Waals surface area contributed by atoms with E-state index < -0.39 is 0 Å². The van der Waals surface area contributed by atoms with Gasteiger partial charge in [0.25, 0.3) is 0 Å². The standard InChI is InChI=1S/C24H37N3O2/c1-2-3-4-8-11-16-21(28)17-12-9-6-5-7-10-13-20-24(29)27-23-19-15-14-18-22(23)25-26-27/h6,9,14-15,18-19,21,28H,2-5,7-8,10-13,16-17,20H2,1H3/b9-6-. The fourth-order valence-corrected chi connectivity index (χ4v) is 3.53. The smallest absolute Gasteiger partial charge is 0.248 e. The maximum atomic E-state index is 12.3. The number of aliphatic hydroxyl groups is 1. The highest BCUT2D eigenvalue weighted by Crippen LogP contribution is 2.13. The van der Waals surface area contributed by atoms with Gasteiger partial charge in [0.05, 0.1) is 11.6 Å². The van der Waals surface area contributed by atoms with Gasteiger partial charge >= 0.3 is 0 Å². The van der Waals surface area contributed by atoms with Crippen molar-refractivity contribution in [2.24, 2.45) is 0 Å². The third-order valence-electron chi connectivity index (χ3n) is 5.32. The highest BCUT2D eigenvalue weighted by atomic mass is 16.3. The number of aromatic nitrogens is 3.